The van der Waals surface area contributed by atoms with Gasteiger partial charge in [0.2, 0.25) is 0 Å². The van der Waals surface area contributed by atoms with Crippen LogP contribution in [0.4, 0.5) is 24.9 Å². The van der Waals surface area contributed by atoms with Crippen LogP contribution < -0.4 is 15.5 Å². The van der Waals surface area contributed by atoms with E-state index in [0.29, 0.717) is 48.5 Å². The lowest BCUT2D eigenvalue weighted by molar-refractivity contribution is -0.137. The minimum atomic E-state index is -4.44. The van der Waals surface area contributed by atoms with E-state index >= 15 is 0 Å². The van der Waals surface area contributed by atoms with Crippen LogP contribution in [0.1, 0.15) is 53.5 Å². The lowest BCUT2D eigenvalue weighted by Gasteiger charge is -2.29. The van der Waals surface area contributed by atoms with Crippen molar-refractivity contribution in [3.05, 3.63) is 70.3 Å². The molecule has 0 unspecified atom stereocenters. The van der Waals surface area contributed by atoms with Crippen molar-refractivity contribution in [1.29, 1.82) is 0 Å². The van der Waals surface area contributed by atoms with Crippen LogP contribution in [0.2, 0.25) is 0 Å². The number of halogens is 3. The van der Waals surface area contributed by atoms with E-state index < -0.39 is 11.7 Å². The maximum atomic E-state index is 13.7. The zero-order chi connectivity index (χ0) is 29.4. The first kappa shape index (κ1) is 28.4. The highest BCUT2D eigenvalue weighted by Crippen LogP contribution is 2.38. The molecule has 2 aromatic carbocycles. The maximum absolute atomic E-state index is 13.7. The van der Waals surface area contributed by atoms with Gasteiger partial charge in [0.25, 0.3) is 5.95 Å². The molecule has 2 fully saturated rings. The lowest BCUT2D eigenvalue weighted by atomic mass is 10.0. The molecule has 0 saturated heterocycles. The van der Waals surface area contributed by atoms with Crippen LogP contribution in [-0.4, -0.2) is 44.8 Å². The van der Waals surface area contributed by atoms with Crippen LogP contribution >= 0.6 is 0 Å². The highest BCUT2D eigenvalue weighted by molar-refractivity contribution is 5.84. The van der Waals surface area contributed by atoms with Crippen molar-refractivity contribution in [3.63, 3.8) is 0 Å². The summed E-state index contributed by atoms with van der Waals surface area (Å²) in [6.07, 6.45) is 0.501. The number of anilines is 2. The van der Waals surface area contributed by atoms with Crippen molar-refractivity contribution in [2.75, 3.05) is 29.4 Å². The van der Waals surface area contributed by atoms with Gasteiger partial charge in [-0.15, -0.1) is 5.10 Å². The normalized spacial score (nSPS) is 15.4. The molecule has 6 rings (SSSR count). The van der Waals surface area contributed by atoms with Crippen LogP contribution in [0.15, 0.2) is 42.5 Å². The van der Waals surface area contributed by atoms with Crippen molar-refractivity contribution >= 4 is 22.7 Å². The van der Waals surface area contributed by atoms with Crippen molar-refractivity contribution < 1.29 is 13.2 Å². The van der Waals surface area contributed by atoms with Gasteiger partial charge in [0.05, 0.1) is 17.6 Å². The molecular formula is C31H37F3N8. The molecule has 2 heterocycles. The van der Waals surface area contributed by atoms with Gasteiger partial charge < -0.3 is 15.5 Å². The molecule has 4 aromatic rings. The number of aryl methyl sites for hydroxylation is 2. The molecule has 0 spiro atoms. The van der Waals surface area contributed by atoms with Crippen LogP contribution in [0.3, 0.4) is 0 Å². The summed E-state index contributed by atoms with van der Waals surface area (Å²) in [6, 6.07) is 12.5. The molecule has 2 aliphatic rings. The number of hydrogen-bond acceptors (Lipinski definition) is 7. The predicted octanol–water partition coefficient (Wildman–Crippen LogP) is 5.65. The standard InChI is InChI=1S/C31H37F3N8/c1-20-12-24(14-27(13-20)31(32,33)34)18-41(30-37-39-42(38-30)11-10-35)19-26-15-25-5-3-4-21(2)28(25)36-29(26)40(16-22-6-7-22)17-23-8-9-23/h3-5,12-15,22-23H,6-11,16-19,35H2,1-2H3. The van der Waals surface area contributed by atoms with Gasteiger partial charge in [0.15, 0.2) is 0 Å². The molecule has 2 N–H and O–H groups in total. The second-order valence-corrected chi connectivity index (χ2v) is 11.9. The Morgan fingerprint density at radius 2 is 1.69 bits per heavy atom. The topological polar surface area (TPSA) is 89.0 Å². The molecule has 0 atom stereocenters. The number of tetrazole rings is 1. The fourth-order valence-corrected chi connectivity index (χ4v) is 5.55. The fraction of sp³-hybridized carbons (Fsp3) is 0.484. The molecule has 0 bridgehead atoms. The predicted molar refractivity (Wildman–Crippen MR) is 157 cm³/mol. The van der Waals surface area contributed by atoms with Gasteiger partial charge in [-0.3, -0.25) is 0 Å². The largest absolute Gasteiger partial charge is 0.416 e. The number of aromatic nitrogens is 5. The molecule has 42 heavy (non-hydrogen) atoms. The molecule has 222 valence electrons. The number of hydrogen-bond donors (Lipinski definition) is 1. The summed E-state index contributed by atoms with van der Waals surface area (Å²) in [7, 11) is 0. The Kier molecular flexibility index (Phi) is 7.78. The monoisotopic (exact) mass is 578 g/mol. The molecule has 11 heteroatoms. The Bertz CT molecular complexity index is 1540. The minimum Gasteiger partial charge on any atom is -0.356 e. The van der Waals surface area contributed by atoms with E-state index in [-0.39, 0.29) is 6.54 Å². The third-order valence-electron chi connectivity index (χ3n) is 8.01. The van der Waals surface area contributed by atoms with Gasteiger partial charge in [-0.1, -0.05) is 34.9 Å². The van der Waals surface area contributed by atoms with E-state index in [9.17, 15) is 13.2 Å². The van der Waals surface area contributed by atoms with E-state index in [1.54, 1.807) is 13.0 Å². The van der Waals surface area contributed by atoms with Crippen molar-refractivity contribution in [1.82, 2.24) is 25.2 Å². The molecule has 8 nitrogen and oxygen atoms in total. The Labute approximate surface area is 243 Å². The molecule has 0 aliphatic heterocycles. The minimum absolute atomic E-state index is 0.176. The van der Waals surface area contributed by atoms with Gasteiger partial charge in [-0.2, -0.15) is 18.0 Å². The fourth-order valence-electron chi connectivity index (χ4n) is 5.55. The number of fused-ring (bicyclic) bond motifs is 1. The van der Waals surface area contributed by atoms with Gasteiger partial charge in [-0.25, -0.2) is 4.98 Å². The summed E-state index contributed by atoms with van der Waals surface area (Å²) in [4.78, 5) is 11.0. The maximum Gasteiger partial charge on any atom is 0.416 e. The van der Waals surface area contributed by atoms with Gasteiger partial charge >= 0.3 is 6.18 Å². The van der Waals surface area contributed by atoms with Crippen LogP contribution in [-0.2, 0) is 25.8 Å². The summed E-state index contributed by atoms with van der Waals surface area (Å²) in [6.45, 7) is 6.96. The smallest absolute Gasteiger partial charge is 0.356 e. The van der Waals surface area contributed by atoms with Crippen molar-refractivity contribution in [2.45, 2.75) is 65.3 Å². The molecule has 2 saturated carbocycles. The summed E-state index contributed by atoms with van der Waals surface area (Å²) in [5.74, 6) is 2.63. The van der Waals surface area contributed by atoms with Crippen molar-refractivity contribution in [2.24, 2.45) is 17.6 Å². The molecule has 0 radical (unpaired) electrons. The summed E-state index contributed by atoms with van der Waals surface area (Å²) < 4.78 is 41.1. The number of rotatable bonds is 12. The SMILES string of the molecule is Cc1cc(CN(Cc2cc3cccc(C)c3nc2N(CC2CC2)CC2CC2)c2nnn(CCN)n2)cc(C(F)(F)F)c1. The Morgan fingerprint density at radius 3 is 2.36 bits per heavy atom. The molecule has 0 amide bonds. The number of pyridine rings is 1. The Balaban J connectivity index is 1.42. The first-order valence-corrected chi connectivity index (χ1v) is 14.7. The zero-order valence-corrected chi connectivity index (χ0v) is 24.1. The lowest BCUT2D eigenvalue weighted by Crippen LogP contribution is -2.32. The van der Waals surface area contributed by atoms with Gasteiger partial charge in [0, 0.05) is 43.7 Å². The van der Waals surface area contributed by atoms with Crippen LogP contribution in [0.5, 0.6) is 0 Å². The van der Waals surface area contributed by atoms with E-state index in [2.05, 4.69) is 45.4 Å². The second kappa shape index (κ2) is 11.5. The number of benzene rings is 2. The highest BCUT2D eigenvalue weighted by Gasteiger charge is 2.33. The number of alkyl halides is 3. The summed E-state index contributed by atoms with van der Waals surface area (Å²) in [5.41, 5.74) is 9.19. The number of nitrogens with zero attached hydrogens (tertiary/aromatic N) is 7. The Hall–Kier alpha value is -3.73. The third kappa shape index (κ3) is 6.67. The van der Waals surface area contributed by atoms with E-state index in [1.807, 2.05) is 11.0 Å². The van der Waals surface area contributed by atoms with Gasteiger partial charge in [0.1, 0.15) is 5.82 Å². The first-order chi connectivity index (χ1) is 20.2. The van der Waals surface area contributed by atoms with E-state index in [0.717, 1.165) is 40.9 Å². The number of para-hydroxylation sites is 1. The first-order valence-electron chi connectivity index (χ1n) is 14.7. The molecular weight excluding hydrogens is 541 g/mol. The summed E-state index contributed by atoms with van der Waals surface area (Å²) in [5, 5.41) is 14.0. The molecule has 2 aromatic heterocycles. The van der Waals surface area contributed by atoms with E-state index in [4.69, 9.17) is 10.7 Å². The van der Waals surface area contributed by atoms with Crippen LogP contribution in [0, 0.1) is 25.7 Å². The number of nitrogens with two attached hydrogens (primary N) is 1. The second-order valence-electron chi connectivity index (χ2n) is 11.9. The zero-order valence-electron chi connectivity index (χ0n) is 24.1. The average molecular weight is 579 g/mol. The third-order valence-corrected chi connectivity index (χ3v) is 8.01. The summed E-state index contributed by atoms with van der Waals surface area (Å²) >= 11 is 0. The molecule has 2 aliphatic carbocycles. The average Bonchev–Trinajstić information content (AvgIpc) is 3.87. The highest BCUT2D eigenvalue weighted by atomic mass is 19.4. The van der Waals surface area contributed by atoms with Gasteiger partial charge in [-0.05, 0) is 85.9 Å². The van der Waals surface area contributed by atoms with E-state index in [1.165, 1.54) is 42.6 Å². The van der Waals surface area contributed by atoms with Crippen LogP contribution in [0.25, 0.3) is 10.9 Å². The van der Waals surface area contributed by atoms with Crippen molar-refractivity contribution in [3.8, 4) is 0 Å². The quantitative estimate of drug-likeness (QED) is 0.232. The Morgan fingerprint density at radius 1 is 0.952 bits per heavy atom.